The molecule has 0 rings (SSSR count). The van der Waals surface area contributed by atoms with Crippen molar-refractivity contribution in [2.75, 3.05) is 13.2 Å². The number of rotatable bonds is 6. The molecule has 0 aliphatic heterocycles. The van der Waals surface area contributed by atoms with Gasteiger partial charge in [-0.3, -0.25) is 4.79 Å². The first-order valence-corrected chi connectivity index (χ1v) is 4.98. The van der Waals surface area contributed by atoms with Gasteiger partial charge in [-0.05, 0) is 12.8 Å². The predicted octanol–water partition coefficient (Wildman–Crippen LogP) is 1.57. The highest BCUT2D eigenvalue weighted by atomic mass is 16.5. The van der Waals surface area contributed by atoms with Crippen molar-refractivity contribution in [3.05, 3.63) is 0 Å². The average Bonchev–Trinajstić information content (AvgIpc) is 2.11. The summed E-state index contributed by atoms with van der Waals surface area (Å²) in [6.45, 7) is 9.29. The molecule has 0 fully saturated rings. The molecule has 0 aliphatic rings. The highest BCUT2D eigenvalue weighted by Gasteiger charge is 2.14. The number of ether oxygens (including phenoxy) is 1. The maximum atomic E-state index is 11.1. The summed E-state index contributed by atoms with van der Waals surface area (Å²) in [5, 5.41) is 2.94. The van der Waals surface area contributed by atoms with Crippen LogP contribution in [0.25, 0.3) is 0 Å². The minimum Gasteiger partial charge on any atom is -0.380 e. The van der Waals surface area contributed by atoms with E-state index in [1.165, 1.54) is 0 Å². The first-order valence-electron chi connectivity index (χ1n) is 4.98. The van der Waals surface area contributed by atoms with Gasteiger partial charge in [-0.1, -0.05) is 20.8 Å². The van der Waals surface area contributed by atoms with Gasteiger partial charge >= 0.3 is 0 Å². The largest absolute Gasteiger partial charge is 0.380 e. The third-order valence-electron chi connectivity index (χ3n) is 1.97. The lowest BCUT2D eigenvalue weighted by Crippen LogP contribution is -2.41. The maximum absolute atomic E-state index is 11.1. The lowest BCUT2D eigenvalue weighted by Gasteiger charge is -2.21. The molecule has 0 saturated carbocycles. The summed E-state index contributed by atoms with van der Waals surface area (Å²) in [7, 11) is 0. The fourth-order valence-electron chi connectivity index (χ4n) is 0.954. The fraction of sp³-hybridized carbons (Fsp3) is 0.900. The molecule has 0 spiro atoms. The number of amides is 1. The summed E-state index contributed by atoms with van der Waals surface area (Å²) >= 11 is 0. The van der Waals surface area contributed by atoms with Gasteiger partial charge in [-0.2, -0.15) is 0 Å². The molecule has 13 heavy (non-hydrogen) atoms. The van der Waals surface area contributed by atoms with Gasteiger partial charge in [-0.25, -0.2) is 0 Å². The molecule has 0 radical (unpaired) electrons. The summed E-state index contributed by atoms with van der Waals surface area (Å²) in [5.41, 5.74) is 0. The third kappa shape index (κ3) is 5.64. The summed E-state index contributed by atoms with van der Waals surface area (Å²) in [6, 6.07) is 0.146. The zero-order chi connectivity index (χ0) is 10.3. The Morgan fingerprint density at radius 2 is 2.00 bits per heavy atom. The van der Waals surface area contributed by atoms with Gasteiger partial charge in [0.1, 0.15) is 0 Å². The molecule has 0 aromatic carbocycles. The summed E-state index contributed by atoms with van der Waals surface area (Å²) in [6.07, 6.45) is 0.537. The second-order valence-corrected chi connectivity index (χ2v) is 3.43. The van der Waals surface area contributed by atoms with Crippen LogP contribution in [0.5, 0.6) is 0 Å². The van der Waals surface area contributed by atoms with Crippen molar-refractivity contribution in [3.8, 4) is 0 Å². The quantitative estimate of drug-likeness (QED) is 0.685. The smallest absolute Gasteiger partial charge is 0.220 e. The minimum absolute atomic E-state index is 0.0957. The molecular formula is C10H21NO2. The van der Waals surface area contributed by atoms with Crippen LogP contribution in [0.4, 0.5) is 0 Å². The van der Waals surface area contributed by atoms with Crippen molar-refractivity contribution in [1.82, 2.24) is 5.32 Å². The molecule has 1 atom stereocenters. The fourth-order valence-corrected chi connectivity index (χ4v) is 0.954. The normalized spacial score (nSPS) is 13.0. The SMILES string of the molecule is CCOC[C@@H](NC(=O)CC)C(C)C. The second-order valence-electron chi connectivity index (χ2n) is 3.43. The van der Waals surface area contributed by atoms with Crippen molar-refractivity contribution in [3.63, 3.8) is 0 Å². The van der Waals surface area contributed by atoms with Crippen LogP contribution in [0, 0.1) is 5.92 Å². The number of carbonyl (C=O) groups is 1. The highest BCUT2D eigenvalue weighted by Crippen LogP contribution is 2.02. The predicted molar refractivity (Wildman–Crippen MR) is 53.6 cm³/mol. The number of hydrogen-bond acceptors (Lipinski definition) is 2. The summed E-state index contributed by atoms with van der Waals surface area (Å²) in [4.78, 5) is 11.1. The molecule has 3 heteroatoms. The standard InChI is InChI=1S/C10H21NO2/c1-5-10(12)11-9(8(3)4)7-13-6-2/h8-9H,5-7H2,1-4H3,(H,11,12)/t9-/m1/s1. The first-order chi connectivity index (χ1) is 6.11. The van der Waals surface area contributed by atoms with Crippen molar-refractivity contribution < 1.29 is 9.53 Å². The van der Waals surface area contributed by atoms with E-state index >= 15 is 0 Å². The lowest BCUT2D eigenvalue weighted by atomic mass is 10.1. The minimum atomic E-state index is 0.0957. The Morgan fingerprint density at radius 1 is 1.38 bits per heavy atom. The van der Waals surface area contributed by atoms with E-state index in [1.54, 1.807) is 0 Å². The molecule has 78 valence electrons. The van der Waals surface area contributed by atoms with Crippen LogP contribution in [0.3, 0.4) is 0 Å². The van der Waals surface area contributed by atoms with Crippen LogP contribution in [0.1, 0.15) is 34.1 Å². The van der Waals surface area contributed by atoms with Crippen LogP contribution in [-0.4, -0.2) is 25.2 Å². The van der Waals surface area contributed by atoms with E-state index in [4.69, 9.17) is 4.74 Å². The summed E-state index contributed by atoms with van der Waals surface area (Å²) in [5.74, 6) is 0.514. The molecule has 3 nitrogen and oxygen atoms in total. The van der Waals surface area contributed by atoms with Gasteiger partial charge in [0.25, 0.3) is 0 Å². The van der Waals surface area contributed by atoms with Gasteiger partial charge in [0.15, 0.2) is 0 Å². The number of nitrogens with one attached hydrogen (secondary N) is 1. The van der Waals surface area contributed by atoms with Crippen LogP contribution in [-0.2, 0) is 9.53 Å². The molecule has 0 aromatic rings. The maximum Gasteiger partial charge on any atom is 0.220 e. The van der Waals surface area contributed by atoms with Crippen molar-refractivity contribution in [2.24, 2.45) is 5.92 Å². The molecule has 0 unspecified atom stereocenters. The summed E-state index contributed by atoms with van der Waals surface area (Å²) < 4.78 is 5.29. The van der Waals surface area contributed by atoms with E-state index < -0.39 is 0 Å². The van der Waals surface area contributed by atoms with Gasteiger partial charge in [-0.15, -0.1) is 0 Å². The molecule has 0 aromatic heterocycles. The number of hydrogen-bond donors (Lipinski definition) is 1. The van der Waals surface area contributed by atoms with Gasteiger partial charge < -0.3 is 10.1 Å². The van der Waals surface area contributed by atoms with Crippen molar-refractivity contribution in [1.29, 1.82) is 0 Å². The van der Waals surface area contributed by atoms with Crippen LogP contribution in [0.2, 0.25) is 0 Å². The highest BCUT2D eigenvalue weighted by molar-refractivity contribution is 5.75. The second kappa shape index (κ2) is 6.89. The van der Waals surface area contributed by atoms with E-state index in [0.29, 0.717) is 25.6 Å². The van der Waals surface area contributed by atoms with Gasteiger partial charge in [0.2, 0.25) is 5.91 Å². The van der Waals surface area contributed by atoms with E-state index in [2.05, 4.69) is 19.2 Å². The van der Waals surface area contributed by atoms with Crippen LogP contribution in [0.15, 0.2) is 0 Å². The monoisotopic (exact) mass is 187 g/mol. The Kier molecular flexibility index (Phi) is 6.59. The zero-order valence-electron chi connectivity index (χ0n) is 9.09. The Bertz CT molecular complexity index is 146. The van der Waals surface area contributed by atoms with E-state index in [-0.39, 0.29) is 11.9 Å². The molecule has 1 amide bonds. The van der Waals surface area contributed by atoms with E-state index in [9.17, 15) is 4.79 Å². The molecule has 0 heterocycles. The first kappa shape index (κ1) is 12.4. The van der Waals surface area contributed by atoms with Crippen LogP contribution < -0.4 is 5.32 Å². The average molecular weight is 187 g/mol. The molecule has 0 saturated heterocycles. The number of carbonyl (C=O) groups excluding carboxylic acids is 1. The Balaban J connectivity index is 3.87. The topological polar surface area (TPSA) is 38.3 Å². The van der Waals surface area contributed by atoms with Gasteiger partial charge in [0.05, 0.1) is 12.6 Å². The van der Waals surface area contributed by atoms with E-state index in [0.717, 1.165) is 0 Å². The lowest BCUT2D eigenvalue weighted by molar-refractivity contribution is -0.122. The van der Waals surface area contributed by atoms with Crippen LogP contribution >= 0.6 is 0 Å². The molecule has 0 aliphatic carbocycles. The zero-order valence-corrected chi connectivity index (χ0v) is 9.09. The van der Waals surface area contributed by atoms with Crippen molar-refractivity contribution in [2.45, 2.75) is 40.2 Å². The third-order valence-corrected chi connectivity index (χ3v) is 1.97. The molecule has 0 bridgehead atoms. The van der Waals surface area contributed by atoms with Crippen molar-refractivity contribution >= 4 is 5.91 Å². The Hall–Kier alpha value is -0.570. The van der Waals surface area contributed by atoms with Gasteiger partial charge in [0, 0.05) is 13.0 Å². The van der Waals surface area contributed by atoms with E-state index in [1.807, 2.05) is 13.8 Å². The Morgan fingerprint density at radius 3 is 2.38 bits per heavy atom. The molecular weight excluding hydrogens is 166 g/mol. The molecule has 1 N–H and O–H groups in total. The Labute approximate surface area is 80.8 Å².